The zero-order chi connectivity index (χ0) is 8.72. The van der Waals surface area contributed by atoms with E-state index < -0.39 is 0 Å². The maximum atomic E-state index is 6.02. The molecule has 2 rings (SSSR count). The monoisotopic (exact) mass is 261 g/mol. The second-order valence-electron chi connectivity index (χ2n) is 2.41. The Hall–Kier alpha value is -0.250. The first-order chi connectivity index (χ1) is 5.70. The highest BCUT2D eigenvalue weighted by atomic mass is 79.9. The first kappa shape index (κ1) is 8.35. The number of hydrogen-bond donors (Lipinski definition) is 1. The van der Waals surface area contributed by atoms with Crippen LogP contribution >= 0.6 is 38.9 Å². The molecule has 1 heterocycles. The van der Waals surface area contributed by atoms with Crippen molar-refractivity contribution in [1.82, 2.24) is 0 Å². The first-order valence-corrected chi connectivity index (χ1v) is 5.31. The van der Waals surface area contributed by atoms with E-state index in [4.69, 9.17) is 17.3 Å². The summed E-state index contributed by atoms with van der Waals surface area (Å²) in [6, 6.07) is 5.75. The van der Waals surface area contributed by atoms with E-state index in [0.29, 0.717) is 0 Å². The molecule has 1 nitrogen and oxygen atoms in total. The highest BCUT2D eigenvalue weighted by Gasteiger charge is 2.08. The van der Waals surface area contributed by atoms with Crippen LogP contribution in [-0.4, -0.2) is 0 Å². The van der Waals surface area contributed by atoms with Crippen LogP contribution in [0.25, 0.3) is 10.1 Å². The van der Waals surface area contributed by atoms with Crippen molar-refractivity contribution in [2.24, 2.45) is 0 Å². The predicted molar refractivity (Wildman–Crippen MR) is 58.9 cm³/mol. The molecule has 0 spiro atoms. The van der Waals surface area contributed by atoms with E-state index in [9.17, 15) is 0 Å². The van der Waals surface area contributed by atoms with E-state index in [1.54, 1.807) is 11.3 Å². The van der Waals surface area contributed by atoms with Gasteiger partial charge in [-0.2, -0.15) is 0 Å². The van der Waals surface area contributed by atoms with Crippen molar-refractivity contribution >= 4 is 54.6 Å². The van der Waals surface area contributed by atoms with Gasteiger partial charge in [0.05, 0.1) is 13.5 Å². The van der Waals surface area contributed by atoms with Gasteiger partial charge < -0.3 is 5.73 Å². The maximum absolute atomic E-state index is 6.02. The average Bonchev–Trinajstić information content (AvgIpc) is 2.32. The van der Waals surface area contributed by atoms with Gasteiger partial charge in [-0.3, -0.25) is 0 Å². The van der Waals surface area contributed by atoms with E-state index in [2.05, 4.69) is 15.9 Å². The van der Waals surface area contributed by atoms with E-state index >= 15 is 0 Å². The van der Waals surface area contributed by atoms with Gasteiger partial charge in [0.15, 0.2) is 0 Å². The first-order valence-electron chi connectivity index (χ1n) is 3.32. The van der Waals surface area contributed by atoms with Gasteiger partial charge in [0.1, 0.15) is 0 Å². The average molecular weight is 263 g/mol. The Morgan fingerprint density at radius 2 is 2.17 bits per heavy atom. The van der Waals surface area contributed by atoms with Crippen LogP contribution < -0.4 is 5.73 Å². The summed E-state index contributed by atoms with van der Waals surface area (Å²) in [7, 11) is 0. The second-order valence-corrected chi connectivity index (χ2v) is 5.13. The number of anilines is 1. The molecule has 0 saturated heterocycles. The SMILES string of the molecule is Nc1cccc2c(Cl)c(Br)sc12. The molecule has 0 amide bonds. The molecule has 4 heteroatoms. The van der Waals surface area contributed by atoms with E-state index in [0.717, 1.165) is 24.6 Å². The van der Waals surface area contributed by atoms with Gasteiger partial charge in [-0.05, 0) is 22.0 Å². The lowest BCUT2D eigenvalue weighted by Gasteiger charge is -1.93. The number of nitrogen functional groups attached to an aromatic ring is 1. The standard InChI is InChI=1S/C8H5BrClNS/c9-8-6(10)4-2-1-3-5(11)7(4)12-8/h1-3H,11H2. The molecular weight excluding hydrogens is 258 g/mol. The minimum Gasteiger partial charge on any atom is -0.398 e. The van der Waals surface area contributed by atoms with Gasteiger partial charge in [0, 0.05) is 11.1 Å². The molecule has 0 saturated carbocycles. The molecule has 62 valence electrons. The van der Waals surface area contributed by atoms with E-state index in [-0.39, 0.29) is 0 Å². The molecule has 0 aliphatic carbocycles. The second kappa shape index (κ2) is 2.91. The molecule has 0 radical (unpaired) electrons. The van der Waals surface area contributed by atoms with Crippen molar-refractivity contribution in [3.05, 3.63) is 27.0 Å². The topological polar surface area (TPSA) is 26.0 Å². The Bertz CT molecular complexity index is 438. The smallest absolute Gasteiger partial charge is 0.0898 e. The van der Waals surface area contributed by atoms with Crippen LogP contribution in [0.5, 0.6) is 0 Å². The van der Waals surface area contributed by atoms with Gasteiger partial charge in [-0.1, -0.05) is 23.7 Å². The van der Waals surface area contributed by atoms with Crippen LogP contribution in [0.4, 0.5) is 5.69 Å². The molecule has 0 unspecified atom stereocenters. The molecular formula is C8H5BrClNS. The number of fused-ring (bicyclic) bond motifs is 1. The van der Waals surface area contributed by atoms with Gasteiger partial charge in [0.2, 0.25) is 0 Å². The number of benzene rings is 1. The lowest BCUT2D eigenvalue weighted by Crippen LogP contribution is -1.81. The van der Waals surface area contributed by atoms with Crippen molar-refractivity contribution in [3.8, 4) is 0 Å². The lowest BCUT2D eigenvalue weighted by atomic mass is 10.2. The molecule has 2 N–H and O–H groups in total. The van der Waals surface area contributed by atoms with Crippen molar-refractivity contribution in [2.45, 2.75) is 0 Å². The molecule has 0 aliphatic heterocycles. The molecule has 1 aromatic heterocycles. The zero-order valence-corrected chi connectivity index (χ0v) is 9.13. The molecule has 0 aliphatic rings. The molecule has 2 aromatic rings. The Morgan fingerprint density at radius 3 is 2.83 bits per heavy atom. The molecule has 0 fully saturated rings. The summed E-state index contributed by atoms with van der Waals surface area (Å²) in [6.07, 6.45) is 0. The largest absolute Gasteiger partial charge is 0.398 e. The molecule has 12 heavy (non-hydrogen) atoms. The normalized spacial score (nSPS) is 10.8. The Labute approximate surface area is 87.3 Å². The summed E-state index contributed by atoms with van der Waals surface area (Å²) in [5.41, 5.74) is 6.55. The minimum atomic E-state index is 0.752. The zero-order valence-electron chi connectivity index (χ0n) is 5.97. The van der Waals surface area contributed by atoms with Gasteiger partial charge >= 0.3 is 0 Å². The highest BCUT2D eigenvalue weighted by Crippen LogP contribution is 2.41. The molecule has 0 atom stereocenters. The van der Waals surface area contributed by atoms with Gasteiger partial charge in [0.25, 0.3) is 0 Å². The van der Waals surface area contributed by atoms with Crippen LogP contribution in [0.1, 0.15) is 0 Å². The fraction of sp³-hybridized carbons (Fsp3) is 0. The lowest BCUT2D eigenvalue weighted by molar-refractivity contribution is 1.80. The van der Waals surface area contributed by atoms with Gasteiger partial charge in [-0.25, -0.2) is 0 Å². The highest BCUT2D eigenvalue weighted by molar-refractivity contribution is 9.11. The number of nitrogens with two attached hydrogens (primary N) is 1. The Morgan fingerprint density at radius 1 is 1.42 bits per heavy atom. The number of hydrogen-bond acceptors (Lipinski definition) is 2. The quantitative estimate of drug-likeness (QED) is 0.716. The molecule has 0 bridgehead atoms. The number of thiophene rings is 1. The Kier molecular flexibility index (Phi) is 2.02. The van der Waals surface area contributed by atoms with Crippen molar-refractivity contribution in [3.63, 3.8) is 0 Å². The number of halogens is 2. The van der Waals surface area contributed by atoms with Crippen molar-refractivity contribution in [1.29, 1.82) is 0 Å². The van der Waals surface area contributed by atoms with Crippen LogP contribution in [0.15, 0.2) is 22.0 Å². The minimum absolute atomic E-state index is 0.752. The summed E-state index contributed by atoms with van der Waals surface area (Å²) >= 11 is 11.0. The number of rotatable bonds is 0. The third kappa shape index (κ3) is 1.13. The third-order valence-corrected chi connectivity index (χ3v) is 4.30. The fourth-order valence-electron chi connectivity index (χ4n) is 1.08. The molecule has 1 aromatic carbocycles. The predicted octanol–water partition coefficient (Wildman–Crippen LogP) is 3.90. The summed E-state index contributed by atoms with van der Waals surface area (Å²) in [6.45, 7) is 0. The van der Waals surface area contributed by atoms with Crippen molar-refractivity contribution in [2.75, 3.05) is 5.73 Å². The maximum Gasteiger partial charge on any atom is 0.0898 e. The van der Waals surface area contributed by atoms with Gasteiger partial charge in [-0.15, -0.1) is 11.3 Å². The summed E-state index contributed by atoms with van der Waals surface area (Å²) in [5, 5.41) is 1.77. The van der Waals surface area contributed by atoms with Crippen LogP contribution in [0.3, 0.4) is 0 Å². The van der Waals surface area contributed by atoms with Crippen LogP contribution in [-0.2, 0) is 0 Å². The summed E-state index contributed by atoms with van der Waals surface area (Å²) in [5.74, 6) is 0. The van der Waals surface area contributed by atoms with Crippen LogP contribution in [0.2, 0.25) is 5.02 Å². The third-order valence-electron chi connectivity index (χ3n) is 1.65. The van der Waals surface area contributed by atoms with Crippen molar-refractivity contribution < 1.29 is 0 Å². The summed E-state index contributed by atoms with van der Waals surface area (Å²) in [4.78, 5) is 0. The van der Waals surface area contributed by atoms with Crippen LogP contribution in [0, 0.1) is 0 Å². The Balaban J connectivity index is 2.95. The van der Waals surface area contributed by atoms with E-state index in [1.165, 1.54) is 0 Å². The summed E-state index contributed by atoms with van der Waals surface area (Å²) < 4.78 is 1.99. The van der Waals surface area contributed by atoms with E-state index in [1.807, 2.05) is 18.2 Å². The fourth-order valence-corrected chi connectivity index (χ4v) is 2.96.